The van der Waals surface area contributed by atoms with Crippen LogP contribution in [-0.4, -0.2) is 19.9 Å². The highest BCUT2D eigenvalue weighted by Crippen LogP contribution is 2.13. The molecular weight excluding hydrogens is 304 g/mol. The summed E-state index contributed by atoms with van der Waals surface area (Å²) in [5, 5.41) is 10.6. The second-order valence-electron chi connectivity index (χ2n) is 4.88. The van der Waals surface area contributed by atoms with Crippen LogP contribution >= 0.6 is 0 Å². The van der Waals surface area contributed by atoms with E-state index in [0.717, 1.165) is 11.1 Å². The second-order valence-corrected chi connectivity index (χ2v) is 6.65. The molecule has 0 aliphatic carbocycles. The van der Waals surface area contributed by atoms with E-state index in [1.54, 1.807) is 36.4 Å². The molecule has 1 N–H and O–H groups in total. The molecule has 7 heteroatoms. The lowest BCUT2D eigenvalue weighted by Gasteiger charge is -2.07. The van der Waals surface area contributed by atoms with Crippen LogP contribution in [-0.2, 0) is 16.4 Å². The van der Waals surface area contributed by atoms with E-state index < -0.39 is 14.9 Å². The Morgan fingerprint density at radius 3 is 2.18 bits per heavy atom. The molecule has 0 aliphatic heterocycles. The molecule has 0 bridgehead atoms. The molecule has 0 atom stereocenters. The SMILES string of the molecule is Cc1ccc(S(=O)(=O)NCCc2ccc([N+](=O)[O-])cc2)cc1. The fourth-order valence-electron chi connectivity index (χ4n) is 1.91. The van der Waals surface area contributed by atoms with Gasteiger partial charge in [-0.15, -0.1) is 0 Å². The smallest absolute Gasteiger partial charge is 0.258 e. The summed E-state index contributed by atoms with van der Waals surface area (Å²) in [6.45, 7) is 2.12. The molecule has 0 spiro atoms. The van der Waals surface area contributed by atoms with Crippen molar-refractivity contribution in [2.24, 2.45) is 0 Å². The van der Waals surface area contributed by atoms with Crippen LogP contribution in [0.15, 0.2) is 53.4 Å². The summed E-state index contributed by atoms with van der Waals surface area (Å²) in [5.41, 5.74) is 1.84. The van der Waals surface area contributed by atoms with Gasteiger partial charge in [-0.3, -0.25) is 10.1 Å². The van der Waals surface area contributed by atoms with Crippen LogP contribution in [0.5, 0.6) is 0 Å². The number of non-ortho nitro benzene ring substituents is 1. The van der Waals surface area contributed by atoms with Gasteiger partial charge in [-0.1, -0.05) is 29.8 Å². The van der Waals surface area contributed by atoms with Gasteiger partial charge < -0.3 is 0 Å². The van der Waals surface area contributed by atoms with Gasteiger partial charge in [0.2, 0.25) is 10.0 Å². The van der Waals surface area contributed by atoms with Crippen LogP contribution in [0.2, 0.25) is 0 Å². The van der Waals surface area contributed by atoms with Crippen molar-refractivity contribution in [2.45, 2.75) is 18.2 Å². The molecule has 0 aromatic heterocycles. The van der Waals surface area contributed by atoms with Crippen molar-refractivity contribution in [1.29, 1.82) is 0 Å². The summed E-state index contributed by atoms with van der Waals surface area (Å²) in [4.78, 5) is 10.3. The van der Waals surface area contributed by atoms with E-state index in [9.17, 15) is 18.5 Å². The highest BCUT2D eigenvalue weighted by Gasteiger charge is 2.12. The predicted octanol–water partition coefficient (Wildman–Crippen LogP) is 2.42. The Bertz CT molecular complexity index is 753. The maximum Gasteiger partial charge on any atom is 0.269 e. The van der Waals surface area contributed by atoms with E-state index in [-0.39, 0.29) is 17.1 Å². The third kappa shape index (κ3) is 4.12. The molecule has 22 heavy (non-hydrogen) atoms. The lowest BCUT2D eigenvalue weighted by Crippen LogP contribution is -2.25. The van der Waals surface area contributed by atoms with E-state index in [1.165, 1.54) is 12.1 Å². The van der Waals surface area contributed by atoms with E-state index in [0.29, 0.717) is 6.42 Å². The first-order valence-corrected chi connectivity index (χ1v) is 8.16. The molecule has 0 saturated carbocycles. The molecule has 0 unspecified atom stereocenters. The standard InChI is InChI=1S/C15H16N2O4S/c1-12-2-8-15(9-3-12)22(20,21)16-11-10-13-4-6-14(7-5-13)17(18)19/h2-9,16H,10-11H2,1H3. The molecule has 0 heterocycles. The molecule has 0 radical (unpaired) electrons. The Labute approximate surface area is 129 Å². The fraction of sp³-hybridized carbons (Fsp3) is 0.200. The van der Waals surface area contributed by atoms with Crippen molar-refractivity contribution >= 4 is 15.7 Å². The molecule has 0 fully saturated rings. The Balaban J connectivity index is 1.95. The Hall–Kier alpha value is -2.25. The van der Waals surface area contributed by atoms with Crippen molar-refractivity contribution in [1.82, 2.24) is 4.72 Å². The van der Waals surface area contributed by atoms with E-state index in [4.69, 9.17) is 0 Å². The van der Waals surface area contributed by atoms with Gasteiger partial charge in [0.1, 0.15) is 0 Å². The van der Waals surface area contributed by atoms with E-state index >= 15 is 0 Å². The van der Waals surface area contributed by atoms with Crippen molar-refractivity contribution in [3.05, 3.63) is 69.8 Å². The maximum atomic E-state index is 12.1. The molecule has 0 saturated heterocycles. The fourth-order valence-corrected chi connectivity index (χ4v) is 2.95. The minimum absolute atomic E-state index is 0.0176. The van der Waals surface area contributed by atoms with Crippen LogP contribution in [0, 0.1) is 17.0 Å². The number of nitrogens with one attached hydrogen (secondary N) is 1. The number of nitrogens with zero attached hydrogens (tertiary/aromatic N) is 1. The van der Waals surface area contributed by atoms with Gasteiger partial charge >= 0.3 is 0 Å². The highest BCUT2D eigenvalue weighted by molar-refractivity contribution is 7.89. The molecular formula is C15H16N2O4S. The second kappa shape index (κ2) is 6.67. The van der Waals surface area contributed by atoms with Crippen molar-refractivity contribution in [3.8, 4) is 0 Å². The van der Waals surface area contributed by atoms with Crippen LogP contribution in [0.3, 0.4) is 0 Å². The topological polar surface area (TPSA) is 89.3 Å². The van der Waals surface area contributed by atoms with Crippen LogP contribution in [0.1, 0.15) is 11.1 Å². The zero-order chi connectivity index (χ0) is 16.2. The van der Waals surface area contributed by atoms with Crippen molar-refractivity contribution in [2.75, 3.05) is 6.54 Å². The van der Waals surface area contributed by atoms with E-state index in [2.05, 4.69) is 4.72 Å². The first-order chi connectivity index (χ1) is 10.4. The van der Waals surface area contributed by atoms with Crippen LogP contribution in [0.25, 0.3) is 0 Å². The zero-order valence-corrected chi connectivity index (χ0v) is 12.8. The largest absolute Gasteiger partial charge is 0.269 e. The Morgan fingerprint density at radius 1 is 1.05 bits per heavy atom. The van der Waals surface area contributed by atoms with Crippen LogP contribution in [0.4, 0.5) is 5.69 Å². The molecule has 6 nitrogen and oxygen atoms in total. The predicted molar refractivity (Wildman–Crippen MR) is 83.2 cm³/mol. The molecule has 2 rings (SSSR count). The zero-order valence-electron chi connectivity index (χ0n) is 12.0. The lowest BCUT2D eigenvalue weighted by molar-refractivity contribution is -0.384. The monoisotopic (exact) mass is 320 g/mol. The summed E-state index contributed by atoms with van der Waals surface area (Å²) in [7, 11) is -3.53. The van der Waals surface area contributed by atoms with Gasteiger partial charge in [-0.05, 0) is 31.0 Å². The van der Waals surface area contributed by atoms with Gasteiger partial charge in [-0.25, -0.2) is 13.1 Å². The number of nitro benzene ring substituents is 1. The van der Waals surface area contributed by atoms with Crippen molar-refractivity contribution < 1.29 is 13.3 Å². The highest BCUT2D eigenvalue weighted by atomic mass is 32.2. The summed E-state index contributed by atoms with van der Waals surface area (Å²) in [5.74, 6) is 0. The van der Waals surface area contributed by atoms with Gasteiger partial charge in [0.05, 0.1) is 9.82 Å². The molecule has 2 aromatic carbocycles. The number of benzene rings is 2. The maximum absolute atomic E-state index is 12.1. The molecule has 0 amide bonds. The minimum atomic E-state index is -3.53. The Morgan fingerprint density at radius 2 is 1.64 bits per heavy atom. The molecule has 2 aromatic rings. The van der Waals surface area contributed by atoms with Gasteiger partial charge in [0.15, 0.2) is 0 Å². The van der Waals surface area contributed by atoms with Gasteiger partial charge in [0.25, 0.3) is 5.69 Å². The lowest BCUT2D eigenvalue weighted by atomic mass is 10.1. The molecule has 0 aliphatic rings. The average molecular weight is 320 g/mol. The molecule has 116 valence electrons. The quantitative estimate of drug-likeness (QED) is 0.654. The number of nitro groups is 1. The number of rotatable bonds is 6. The number of hydrogen-bond donors (Lipinski definition) is 1. The minimum Gasteiger partial charge on any atom is -0.258 e. The van der Waals surface area contributed by atoms with Crippen molar-refractivity contribution in [3.63, 3.8) is 0 Å². The summed E-state index contributed by atoms with van der Waals surface area (Å²) < 4.78 is 26.7. The summed E-state index contributed by atoms with van der Waals surface area (Å²) in [6.07, 6.45) is 0.461. The third-order valence-corrected chi connectivity index (χ3v) is 4.66. The summed E-state index contributed by atoms with van der Waals surface area (Å²) >= 11 is 0. The Kier molecular flexibility index (Phi) is 4.89. The van der Waals surface area contributed by atoms with Gasteiger partial charge in [-0.2, -0.15) is 0 Å². The first kappa shape index (κ1) is 16.1. The third-order valence-electron chi connectivity index (χ3n) is 3.18. The first-order valence-electron chi connectivity index (χ1n) is 6.68. The number of sulfonamides is 1. The number of hydrogen-bond acceptors (Lipinski definition) is 4. The summed E-state index contributed by atoms with van der Waals surface area (Å²) in [6, 6.07) is 12.7. The average Bonchev–Trinajstić information content (AvgIpc) is 2.48. The van der Waals surface area contributed by atoms with E-state index in [1.807, 2.05) is 6.92 Å². The van der Waals surface area contributed by atoms with Gasteiger partial charge in [0, 0.05) is 18.7 Å². The van der Waals surface area contributed by atoms with Crippen LogP contribution < -0.4 is 4.72 Å². The number of aryl methyl sites for hydroxylation is 1. The normalized spacial score (nSPS) is 11.3.